The molecule has 0 radical (unpaired) electrons. The molecular formula is C10H18O. The molecule has 0 aliphatic carbocycles. The van der Waals surface area contributed by atoms with E-state index in [2.05, 4.69) is 27.7 Å². The van der Waals surface area contributed by atoms with Crippen LogP contribution >= 0.6 is 0 Å². The van der Waals surface area contributed by atoms with E-state index in [9.17, 15) is 0 Å². The molecule has 0 aliphatic rings. The van der Waals surface area contributed by atoms with Gasteiger partial charge < -0.3 is 5.11 Å². The van der Waals surface area contributed by atoms with E-state index in [1.165, 1.54) is 11.1 Å². The fourth-order valence-corrected chi connectivity index (χ4v) is 1.12. The molecule has 1 heteroatoms. The average molecular weight is 154 g/mol. The third-order valence-corrected chi connectivity index (χ3v) is 1.60. The summed E-state index contributed by atoms with van der Waals surface area (Å²) in [5, 5.41) is 8.57. The van der Waals surface area contributed by atoms with Crippen LogP contribution in [0.1, 0.15) is 27.7 Å². The topological polar surface area (TPSA) is 20.2 Å². The summed E-state index contributed by atoms with van der Waals surface area (Å²) in [6.07, 6.45) is 3.78. The molecule has 0 saturated heterocycles. The number of rotatable bonds is 3. The SMILES string of the molecule is CC(C)=C(C=CCO)C(C)C. The van der Waals surface area contributed by atoms with E-state index in [0.717, 1.165) is 0 Å². The lowest BCUT2D eigenvalue weighted by atomic mass is 9.98. The average Bonchev–Trinajstić information content (AvgIpc) is 1.87. The minimum atomic E-state index is 0.128. The Balaban J connectivity index is 4.38. The summed E-state index contributed by atoms with van der Waals surface area (Å²) in [6.45, 7) is 8.63. The van der Waals surface area contributed by atoms with Crippen LogP contribution in [-0.2, 0) is 0 Å². The molecule has 0 aromatic heterocycles. The molecule has 0 aliphatic heterocycles. The molecular weight excluding hydrogens is 136 g/mol. The van der Waals surface area contributed by atoms with Crippen LogP contribution in [0.3, 0.4) is 0 Å². The first kappa shape index (κ1) is 10.4. The van der Waals surface area contributed by atoms with Crippen molar-refractivity contribution in [1.29, 1.82) is 0 Å². The van der Waals surface area contributed by atoms with E-state index in [1.807, 2.05) is 6.08 Å². The second-order valence-corrected chi connectivity index (χ2v) is 3.19. The van der Waals surface area contributed by atoms with Gasteiger partial charge in [0, 0.05) is 0 Å². The summed E-state index contributed by atoms with van der Waals surface area (Å²) < 4.78 is 0. The van der Waals surface area contributed by atoms with Gasteiger partial charge in [-0.05, 0) is 25.3 Å². The Hall–Kier alpha value is -0.560. The molecule has 64 valence electrons. The highest BCUT2D eigenvalue weighted by atomic mass is 16.2. The van der Waals surface area contributed by atoms with Crippen molar-refractivity contribution >= 4 is 0 Å². The molecule has 0 unspecified atom stereocenters. The van der Waals surface area contributed by atoms with Gasteiger partial charge in [-0.2, -0.15) is 0 Å². The lowest BCUT2D eigenvalue weighted by Crippen LogP contribution is -1.93. The van der Waals surface area contributed by atoms with E-state index >= 15 is 0 Å². The lowest BCUT2D eigenvalue weighted by Gasteiger charge is -2.08. The normalized spacial score (nSPS) is 11.1. The standard InChI is InChI=1S/C10H18O/c1-8(2)10(9(3)4)6-5-7-11/h5-6,8,11H,7H2,1-4H3. The minimum Gasteiger partial charge on any atom is -0.392 e. The predicted molar refractivity (Wildman–Crippen MR) is 49.4 cm³/mol. The zero-order valence-electron chi connectivity index (χ0n) is 7.89. The van der Waals surface area contributed by atoms with Crippen molar-refractivity contribution < 1.29 is 5.11 Å². The molecule has 0 rings (SSSR count). The predicted octanol–water partition coefficient (Wildman–Crippen LogP) is 2.53. The van der Waals surface area contributed by atoms with Gasteiger partial charge in [0.25, 0.3) is 0 Å². The molecule has 0 bridgehead atoms. The molecule has 11 heavy (non-hydrogen) atoms. The highest BCUT2D eigenvalue weighted by Crippen LogP contribution is 2.15. The van der Waals surface area contributed by atoms with Crippen molar-refractivity contribution in [2.75, 3.05) is 6.61 Å². The Morgan fingerprint density at radius 1 is 1.36 bits per heavy atom. The Labute approximate surface area is 69.4 Å². The summed E-state index contributed by atoms with van der Waals surface area (Å²) in [7, 11) is 0. The zero-order chi connectivity index (χ0) is 8.85. The number of hydrogen-bond acceptors (Lipinski definition) is 1. The molecule has 0 heterocycles. The van der Waals surface area contributed by atoms with Crippen molar-refractivity contribution in [3.8, 4) is 0 Å². The third-order valence-electron chi connectivity index (χ3n) is 1.60. The smallest absolute Gasteiger partial charge is 0.0615 e. The Morgan fingerprint density at radius 3 is 2.18 bits per heavy atom. The van der Waals surface area contributed by atoms with Gasteiger partial charge in [-0.25, -0.2) is 0 Å². The van der Waals surface area contributed by atoms with Gasteiger partial charge in [0.15, 0.2) is 0 Å². The summed E-state index contributed by atoms with van der Waals surface area (Å²) in [4.78, 5) is 0. The lowest BCUT2D eigenvalue weighted by molar-refractivity contribution is 0.342. The Morgan fingerprint density at radius 2 is 1.91 bits per heavy atom. The molecule has 0 aromatic rings. The highest BCUT2D eigenvalue weighted by Gasteiger charge is 1.99. The first-order valence-corrected chi connectivity index (χ1v) is 4.04. The van der Waals surface area contributed by atoms with Gasteiger partial charge in [-0.1, -0.05) is 31.6 Å². The molecule has 0 amide bonds. The van der Waals surface area contributed by atoms with Crippen molar-refractivity contribution in [1.82, 2.24) is 0 Å². The van der Waals surface area contributed by atoms with E-state index in [4.69, 9.17) is 5.11 Å². The van der Waals surface area contributed by atoms with Gasteiger partial charge in [-0.15, -0.1) is 0 Å². The maximum atomic E-state index is 8.57. The maximum Gasteiger partial charge on any atom is 0.0615 e. The van der Waals surface area contributed by atoms with E-state index in [-0.39, 0.29) is 6.61 Å². The number of aliphatic hydroxyl groups excluding tert-OH is 1. The molecule has 0 fully saturated rings. The van der Waals surface area contributed by atoms with Gasteiger partial charge in [0.1, 0.15) is 0 Å². The van der Waals surface area contributed by atoms with Crippen LogP contribution in [0.2, 0.25) is 0 Å². The minimum absolute atomic E-state index is 0.128. The van der Waals surface area contributed by atoms with Crippen LogP contribution in [-0.4, -0.2) is 11.7 Å². The van der Waals surface area contributed by atoms with Crippen molar-refractivity contribution in [2.24, 2.45) is 5.92 Å². The summed E-state index contributed by atoms with van der Waals surface area (Å²) in [5.74, 6) is 0.544. The van der Waals surface area contributed by atoms with E-state index in [1.54, 1.807) is 6.08 Å². The summed E-state index contributed by atoms with van der Waals surface area (Å²) >= 11 is 0. The van der Waals surface area contributed by atoms with Gasteiger partial charge >= 0.3 is 0 Å². The van der Waals surface area contributed by atoms with Crippen LogP contribution in [0.15, 0.2) is 23.3 Å². The van der Waals surface area contributed by atoms with Gasteiger partial charge in [0.05, 0.1) is 6.61 Å². The molecule has 0 atom stereocenters. The maximum absolute atomic E-state index is 8.57. The number of aliphatic hydroxyl groups is 1. The molecule has 0 aromatic carbocycles. The third kappa shape index (κ3) is 3.99. The molecule has 0 saturated carbocycles. The highest BCUT2D eigenvalue weighted by molar-refractivity contribution is 5.25. The van der Waals surface area contributed by atoms with Crippen LogP contribution in [0, 0.1) is 5.92 Å². The second kappa shape index (κ2) is 5.14. The number of hydrogen-bond donors (Lipinski definition) is 1. The quantitative estimate of drug-likeness (QED) is 0.619. The van der Waals surface area contributed by atoms with Crippen molar-refractivity contribution in [3.05, 3.63) is 23.3 Å². The monoisotopic (exact) mass is 154 g/mol. The Bertz CT molecular complexity index is 160. The summed E-state index contributed by atoms with van der Waals surface area (Å²) in [5.41, 5.74) is 2.64. The number of allylic oxidation sites excluding steroid dienone is 3. The fraction of sp³-hybridized carbons (Fsp3) is 0.600. The van der Waals surface area contributed by atoms with Crippen LogP contribution in [0.25, 0.3) is 0 Å². The van der Waals surface area contributed by atoms with Crippen molar-refractivity contribution in [2.45, 2.75) is 27.7 Å². The largest absolute Gasteiger partial charge is 0.392 e. The molecule has 1 nitrogen and oxygen atoms in total. The van der Waals surface area contributed by atoms with Gasteiger partial charge in [0.2, 0.25) is 0 Å². The zero-order valence-corrected chi connectivity index (χ0v) is 7.89. The van der Waals surface area contributed by atoms with Gasteiger partial charge in [-0.3, -0.25) is 0 Å². The fourth-order valence-electron chi connectivity index (χ4n) is 1.12. The van der Waals surface area contributed by atoms with Crippen LogP contribution < -0.4 is 0 Å². The first-order chi connectivity index (χ1) is 5.09. The molecule has 0 spiro atoms. The summed E-state index contributed by atoms with van der Waals surface area (Å²) in [6, 6.07) is 0. The van der Waals surface area contributed by atoms with E-state index in [0.29, 0.717) is 5.92 Å². The van der Waals surface area contributed by atoms with E-state index < -0.39 is 0 Å². The first-order valence-electron chi connectivity index (χ1n) is 4.04. The second-order valence-electron chi connectivity index (χ2n) is 3.19. The van der Waals surface area contributed by atoms with Crippen LogP contribution in [0.4, 0.5) is 0 Å². The van der Waals surface area contributed by atoms with Crippen molar-refractivity contribution in [3.63, 3.8) is 0 Å². The van der Waals surface area contributed by atoms with Crippen LogP contribution in [0.5, 0.6) is 0 Å². The Kier molecular flexibility index (Phi) is 4.88. The molecule has 1 N–H and O–H groups in total.